The van der Waals surface area contributed by atoms with Gasteiger partial charge in [0.1, 0.15) is 5.78 Å². The molecule has 17 heavy (non-hydrogen) atoms. The highest BCUT2D eigenvalue weighted by Gasteiger charge is 2.39. The molecule has 1 heterocycles. The van der Waals surface area contributed by atoms with E-state index in [-0.39, 0.29) is 11.7 Å². The van der Waals surface area contributed by atoms with Crippen LogP contribution in [-0.2, 0) is 9.59 Å². The van der Waals surface area contributed by atoms with Crippen LogP contribution in [0.3, 0.4) is 0 Å². The van der Waals surface area contributed by atoms with Crippen molar-refractivity contribution in [3.63, 3.8) is 0 Å². The van der Waals surface area contributed by atoms with Crippen molar-refractivity contribution in [3.8, 4) is 0 Å². The summed E-state index contributed by atoms with van der Waals surface area (Å²) in [5.41, 5.74) is -0.400. The number of carbonyl (C=O) groups is 2. The van der Waals surface area contributed by atoms with E-state index in [4.69, 9.17) is 0 Å². The first-order valence-electron chi connectivity index (χ1n) is 6.35. The summed E-state index contributed by atoms with van der Waals surface area (Å²) in [5, 5.41) is 0. The average Bonchev–Trinajstić information content (AvgIpc) is 2.24. The molecule has 0 aromatic heterocycles. The molecule has 1 aliphatic heterocycles. The smallest absolute Gasteiger partial charge is 0.242 e. The van der Waals surface area contributed by atoms with E-state index in [1.54, 1.807) is 11.8 Å². The average molecular weight is 240 g/mol. The van der Waals surface area contributed by atoms with Gasteiger partial charge in [0.05, 0.1) is 5.54 Å². The number of ketones is 1. The van der Waals surface area contributed by atoms with Crippen molar-refractivity contribution >= 4 is 11.7 Å². The van der Waals surface area contributed by atoms with Crippen molar-refractivity contribution in [2.24, 2.45) is 0 Å². The number of carbonyl (C=O) groups excluding carboxylic acids is 2. The summed E-state index contributed by atoms with van der Waals surface area (Å²) >= 11 is 0. The maximum Gasteiger partial charge on any atom is 0.242 e. The zero-order valence-electron chi connectivity index (χ0n) is 11.5. The third kappa shape index (κ3) is 3.53. The zero-order chi connectivity index (χ0) is 13.1. The lowest BCUT2D eigenvalue weighted by Gasteiger charge is -2.44. The van der Waals surface area contributed by atoms with Gasteiger partial charge in [0, 0.05) is 26.6 Å². The molecule has 0 aromatic rings. The summed E-state index contributed by atoms with van der Waals surface area (Å²) in [7, 11) is 1.86. The molecule has 1 fully saturated rings. The van der Waals surface area contributed by atoms with Gasteiger partial charge in [-0.1, -0.05) is 0 Å². The maximum atomic E-state index is 12.0. The second-order valence-corrected chi connectivity index (χ2v) is 5.43. The first-order chi connectivity index (χ1) is 7.85. The number of unbranched alkanes of at least 4 members (excludes halogenated alkanes) is 1. The fourth-order valence-electron chi connectivity index (χ4n) is 2.32. The van der Waals surface area contributed by atoms with Crippen LogP contribution in [0.1, 0.15) is 40.0 Å². The molecule has 98 valence electrons. The minimum Gasteiger partial charge on any atom is -0.343 e. The van der Waals surface area contributed by atoms with Crippen LogP contribution in [0.25, 0.3) is 0 Å². The molecule has 1 aliphatic rings. The van der Waals surface area contributed by atoms with Crippen LogP contribution in [0.2, 0.25) is 0 Å². The van der Waals surface area contributed by atoms with Crippen molar-refractivity contribution in [2.45, 2.75) is 45.6 Å². The summed E-state index contributed by atoms with van der Waals surface area (Å²) in [6.07, 6.45) is 2.56. The number of Topliss-reactive ketones (excluding diaryl/α,β-unsaturated/α-hetero) is 1. The minimum atomic E-state index is -0.400. The van der Waals surface area contributed by atoms with Gasteiger partial charge in [-0.2, -0.15) is 0 Å². The van der Waals surface area contributed by atoms with Crippen molar-refractivity contribution in [2.75, 3.05) is 26.7 Å². The van der Waals surface area contributed by atoms with E-state index in [0.29, 0.717) is 6.42 Å². The first-order valence-corrected chi connectivity index (χ1v) is 6.35. The predicted molar refractivity (Wildman–Crippen MR) is 67.8 cm³/mol. The number of hydrogen-bond acceptors (Lipinski definition) is 3. The number of amides is 1. The van der Waals surface area contributed by atoms with Crippen LogP contribution < -0.4 is 0 Å². The Hall–Kier alpha value is -0.900. The molecule has 1 saturated heterocycles. The number of likely N-dealkylation sites (N-methyl/N-ethyl adjacent to an activating group) is 1. The van der Waals surface area contributed by atoms with Gasteiger partial charge in [0.15, 0.2) is 0 Å². The summed E-state index contributed by atoms with van der Waals surface area (Å²) in [4.78, 5) is 26.9. The molecule has 4 heteroatoms. The lowest BCUT2D eigenvalue weighted by atomic mass is 9.97. The van der Waals surface area contributed by atoms with Gasteiger partial charge in [-0.05, 0) is 40.2 Å². The van der Waals surface area contributed by atoms with E-state index in [2.05, 4.69) is 4.90 Å². The Morgan fingerprint density at radius 3 is 2.53 bits per heavy atom. The molecule has 0 spiro atoms. The molecule has 0 atom stereocenters. The summed E-state index contributed by atoms with van der Waals surface area (Å²) < 4.78 is 0. The Balaban J connectivity index is 2.43. The molecule has 1 amide bonds. The van der Waals surface area contributed by atoms with Gasteiger partial charge in [-0.25, -0.2) is 0 Å². The first kappa shape index (κ1) is 14.2. The lowest BCUT2D eigenvalue weighted by molar-refractivity contribution is -0.147. The largest absolute Gasteiger partial charge is 0.343 e. The Kier molecular flexibility index (Phi) is 4.69. The van der Waals surface area contributed by atoms with Crippen LogP contribution in [0.15, 0.2) is 0 Å². The number of hydrogen-bond donors (Lipinski definition) is 0. The van der Waals surface area contributed by atoms with Crippen LogP contribution >= 0.6 is 0 Å². The lowest BCUT2D eigenvalue weighted by Crippen LogP contribution is -2.62. The molecule has 0 aliphatic carbocycles. The third-order valence-corrected chi connectivity index (χ3v) is 3.57. The summed E-state index contributed by atoms with van der Waals surface area (Å²) in [5.74, 6) is 0.439. The van der Waals surface area contributed by atoms with E-state index in [9.17, 15) is 9.59 Å². The number of rotatable bonds is 5. The minimum absolute atomic E-state index is 0.190. The summed E-state index contributed by atoms with van der Waals surface area (Å²) in [6, 6.07) is 0. The van der Waals surface area contributed by atoms with Gasteiger partial charge in [-0.15, -0.1) is 0 Å². The molecule has 0 unspecified atom stereocenters. The molecule has 0 saturated carbocycles. The highest BCUT2D eigenvalue weighted by atomic mass is 16.2. The van der Waals surface area contributed by atoms with E-state index < -0.39 is 5.54 Å². The van der Waals surface area contributed by atoms with Crippen LogP contribution in [-0.4, -0.2) is 53.7 Å². The zero-order valence-corrected chi connectivity index (χ0v) is 11.5. The summed E-state index contributed by atoms with van der Waals surface area (Å²) in [6.45, 7) is 8.22. The number of nitrogens with zero attached hydrogens (tertiary/aromatic N) is 2. The van der Waals surface area contributed by atoms with Crippen molar-refractivity contribution in [1.29, 1.82) is 0 Å². The highest BCUT2D eigenvalue weighted by Crippen LogP contribution is 2.22. The van der Waals surface area contributed by atoms with Gasteiger partial charge in [-0.3, -0.25) is 9.69 Å². The van der Waals surface area contributed by atoms with Gasteiger partial charge < -0.3 is 9.69 Å². The Bertz CT molecular complexity index is 300. The predicted octanol–water partition coefficient (Wildman–Crippen LogP) is 1.30. The van der Waals surface area contributed by atoms with Crippen LogP contribution in [0, 0.1) is 0 Å². The van der Waals surface area contributed by atoms with E-state index in [0.717, 1.165) is 32.5 Å². The van der Waals surface area contributed by atoms with E-state index >= 15 is 0 Å². The molecular formula is C13H24N2O2. The standard InChI is InChI=1S/C13H24N2O2/c1-11(16)7-5-6-8-15-10-9-14(4)12(17)13(15,2)3/h5-10H2,1-4H3. The third-order valence-electron chi connectivity index (χ3n) is 3.57. The molecule has 0 aromatic carbocycles. The second-order valence-electron chi connectivity index (χ2n) is 5.43. The van der Waals surface area contributed by atoms with Crippen LogP contribution in [0.5, 0.6) is 0 Å². The molecule has 4 nitrogen and oxygen atoms in total. The van der Waals surface area contributed by atoms with Crippen LogP contribution in [0.4, 0.5) is 0 Å². The van der Waals surface area contributed by atoms with Gasteiger partial charge in [0.25, 0.3) is 0 Å². The fourth-order valence-corrected chi connectivity index (χ4v) is 2.32. The van der Waals surface area contributed by atoms with Crippen molar-refractivity contribution in [1.82, 2.24) is 9.80 Å². The molecule has 0 bridgehead atoms. The van der Waals surface area contributed by atoms with Crippen molar-refractivity contribution < 1.29 is 9.59 Å². The number of piperazine rings is 1. The fraction of sp³-hybridized carbons (Fsp3) is 0.846. The maximum absolute atomic E-state index is 12.0. The Morgan fingerprint density at radius 2 is 1.94 bits per heavy atom. The quantitative estimate of drug-likeness (QED) is 0.680. The topological polar surface area (TPSA) is 40.6 Å². The molecule has 1 rings (SSSR count). The van der Waals surface area contributed by atoms with Gasteiger partial charge >= 0.3 is 0 Å². The molecular weight excluding hydrogens is 216 g/mol. The van der Waals surface area contributed by atoms with E-state index in [1.807, 2.05) is 20.9 Å². The SMILES string of the molecule is CC(=O)CCCCN1CCN(C)C(=O)C1(C)C. The second kappa shape index (κ2) is 5.63. The van der Waals surface area contributed by atoms with E-state index in [1.165, 1.54) is 0 Å². The molecule has 0 N–H and O–H groups in total. The Morgan fingerprint density at radius 1 is 1.29 bits per heavy atom. The van der Waals surface area contributed by atoms with Crippen molar-refractivity contribution in [3.05, 3.63) is 0 Å². The van der Waals surface area contributed by atoms with Gasteiger partial charge in [0.2, 0.25) is 5.91 Å². The normalized spacial score (nSPS) is 20.7. The Labute approximate surface area is 104 Å². The molecule has 0 radical (unpaired) electrons. The monoisotopic (exact) mass is 240 g/mol. The highest BCUT2D eigenvalue weighted by molar-refractivity contribution is 5.86.